The Balaban J connectivity index is 1.38. The molecule has 0 bridgehead atoms. The molecule has 4 heterocycles. The van der Waals surface area contributed by atoms with Gasteiger partial charge in [0.25, 0.3) is 5.91 Å². The molecule has 5 rings (SSSR count). The van der Waals surface area contributed by atoms with E-state index in [0.717, 1.165) is 63.1 Å². The van der Waals surface area contributed by atoms with E-state index in [1.807, 2.05) is 0 Å². The number of anilines is 2. The molecule has 2 fully saturated rings. The van der Waals surface area contributed by atoms with Crippen molar-refractivity contribution in [3.05, 3.63) is 66.2 Å². The topological polar surface area (TPSA) is 61.6 Å². The molecule has 9 heteroatoms. The molecule has 184 valence electrons. The first kappa shape index (κ1) is 23.4. The Hall–Kier alpha value is -3.33. The molecular weight excluding hydrogens is 457 g/mol. The Labute approximate surface area is 201 Å². The van der Waals surface area contributed by atoms with Crippen LogP contribution in [0.3, 0.4) is 0 Å². The summed E-state index contributed by atoms with van der Waals surface area (Å²) >= 11 is 0. The van der Waals surface area contributed by atoms with Crippen molar-refractivity contribution >= 4 is 17.3 Å². The normalized spacial score (nSPS) is 18.2. The standard InChI is InChI=1S/C26H27F3N4O2/c1-32-13-8-25(17-32)9-14-33(15-10-25)21-3-2-19(26(27,28)29)16-20(21)31-24(34)23-5-4-22(35-23)18-6-11-30-12-7-18/h2-7,11-12,16H,8-10,13-15,17H2,1H3,(H,31,34). The van der Waals surface area contributed by atoms with Crippen LogP contribution in [0.4, 0.5) is 24.5 Å². The van der Waals surface area contributed by atoms with Crippen molar-refractivity contribution in [2.75, 3.05) is 43.4 Å². The van der Waals surface area contributed by atoms with E-state index in [4.69, 9.17) is 4.42 Å². The number of carbonyl (C=O) groups excluding carboxylic acids is 1. The minimum atomic E-state index is -4.52. The van der Waals surface area contributed by atoms with E-state index in [2.05, 4.69) is 27.1 Å². The Morgan fingerprint density at radius 2 is 1.74 bits per heavy atom. The highest BCUT2D eigenvalue weighted by molar-refractivity contribution is 6.04. The second-order valence-electron chi connectivity index (χ2n) is 9.56. The minimum absolute atomic E-state index is 0.0202. The van der Waals surface area contributed by atoms with Crippen LogP contribution in [0.15, 0.2) is 59.3 Å². The zero-order chi connectivity index (χ0) is 24.6. The minimum Gasteiger partial charge on any atom is -0.451 e. The van der Waals surface area contributed by atoms with E-state index in [1.165, 1.54) is 12.1 Å². The third-order valence-electron chi connectivity index (χ3n) is 7.16. The highest BCUT2D eigenvalue weighted by Crippen LogP contribution is 2.43. The van der Waals surface area contributed by atoms with Gasteiger partial charge in [-0.1, -0.05) is 0 Å². The fraction of sp³-hybridized carbons (Fsp3) is 0.385. The van der Waals surface area contributed by atoms with Gasteiger partial charge in [-0.2, -0.15) is 13.2 Å². The number of rotatable bonds is 4. The Kier molecular flexibility index (Phi) is 6.04. The van der Waals surface area contributed by atoms with Crippen molar-refractivity contribution in [1.82, 2.24) is 9.88 Å². The fourth-order valence-electron chi connectivity index (χ4n) is 5.19. The SMILES string of the molecule is CN1CCC2(CCN(c3ccc(C(F)(F)F)cc3NC(=O)c3ccc(-c4ccncc4)o3)CC2)C1. The maximum atomic E-state index is 13.5. The van der Waals surface area contributed by atoms with E-state index in [-0.39, 0.29) is 16.9 Å². The number of halogens is 3. The molecule has 1 spiro atoms. The monoisotopic (exact) mass is 484 g/mol. The molecule has 1 N–H and O–H groups in total. The van der Waals surface area contributed by atoms with Crippen LogP contribution in [0, 0.1) is 5.41 Å². The summed E-state index contributed by atoms with van der Waals surface area (Å²) in [6.07, 6.45) is 1.79. The van der Waals surface area contributed by atoms with E-state index in [9.17, 15) is 18.0 Å². The van der Waals surface area contributed by atoms with E-state index >= 15 is 0 Å². The van der Waals surface area contributed by atoms with Gasteiger partial charge in [0.2, 0.25) is 0 Å². The van der Waals surface area contributed by atoms with Crippen LogP contribution < -0.4 is 10.2 Å². The number of aromatic nitrogens is 1. The van der Waals surface area contributed by atoms with Gasteiger partial charge in [-0.05, 0) is 80.7 Å². The predicted octanol–water partition coefficient (Wildman–Crippen LogP) is 5.53. The van der Waals surface area contributed by atoms with Crippen molar-refractivity contribution in [2.45, 2.75) is 25.4 Å². The molecule has 0 atom stereocenters. The Morgan fingerprint density at radius 1 is 1.03 bits per heavy atom. The van der Waals surface area contributed by atoms with E-state index < -0.39 is 17.6 Å². The lowest BCUT2D eigenvalue weighted by atomic mass is 9.77. The summed E-state index contributed by atoms with van der Waals surface area (Å²) in [5, 5.41) is 2.67. The van der Waals surface area contributed by atoms with Crippen LogP contribution in [0.5, 0.6) is 0 Å². The summed E-state index contributed by atoms with van der Waals surface area (Å²) in [5.41, 5.74) is 0.940. The smallest absolute Gasteiger partial charge is 0.416 e. The summed E-state index contributed by atoms with van der Waals surface area (Å²) < 4.78 is 46.1. The summed E-state index contributed by atoms with van der Waals surface area (Å²) in [5.74, 6) is -0.104. The number of nitrogens with one attached hydrogen (secondary N) is 1. The van der Waals surface area contributed by atoms with Crippen LogP contribution in [0.25, 0.3) is 11.3 Å². The van der Waals surface area contributed by atoms with E-state index in [1.54, 1.807) is 30.6 Å². The van der Waals surface area contributed by atoms with Gasteiger partial charge in [0.05, 0.1) is 16.9 Å². The number of hydrogen-bond donors (Lipinski definition) is 1. The van der Waals surface area contributed by atoms with Gasteiger partial charge < -0.3 is 19.5 Å². The number of likely N-dealkylation sites (tertiary alicyclic amines) is 1. The third kappa shape index (κ3) is 4.91. The first-order valence-corrected chi connectivity index (χ1v) is 11.7. The van der Waals surface area contributed by atoms with Gasteiger partial charge in [0, 0.05) is 37.6 Å². The Morgan fingerprint density at radius 3 is 2.40 bits per heavy atom. The van der Waals surface area contributed by atoms with Gasteiger partial charge in [0.15, 0.2) is 5.76 Å². The molecule has 0 radical (unpaired) electrons. The predicted molar refractivity (Wildman–Crippen MR) is 127 cm³/mol. The zero-order valence-electron chi connectivity index (χ0n) is 19.4. The maximum Gasteiger partial charge on any atom is 0.416 e. The first-order valence-electron chi connectivity index (χ1n) is 11.7. The number of alkyl halides is 3. The molecule has 1 amide bonds. The highest BCUT2D eigenvalue weighted by Gasteiger charge is 2.40. The van der Waals surface area contributed by atoms with E-state index in [0.29, 0.717) is 11.4 Å². The van der Waals surface area contributed by atoms with Gasteiger partial charge in [-0.15, -0.1) is 0 Å². The highest BCUT2D eigenvalue weighted by atomic mass is 19.4. The van der Waals surface area contributed by atoms with Crippen molar-refractivity contribution in [3.8, 4) is 11.3 Å². The van der Waals surface area contributed by atoms with Gasteiger partial charge >= 0.3 is 6.18 Å². The van der Waals surface area contributed by atoms with Gasteiger partial charge in [-0.25, -0.2) is 0 Å². The fourth-order valence-corrected chi connectivity index (χ4v) is 5.19. The summed E-state index contributed by atoms with van der Waals surface area (Å²) in [4.78, 5) is 21.3. The lowest BCUT2D eigenvalue weighted by Gasteiger charge is -2.41. The summed E-state index contributed by atoms with van der Waals surface area (Å²) in [6.45, 7) is 3.59. The molecule has 0 saturated carbocycles. The van der Waals surface area contributed by atoms with Crippen molar-refractivity contribution < 1.29 is 22.4 Å². The van der Waals surface area contributed by atoms with Crippen LogP contribution in [0.2, 0.25) is 0 Å². The molecule has 6 nitrogen and oxygen atoms in total. The number of furan rings is 1. The third-order valence-corrected chi connectivity index (χ3v) is 7.16. The number of pyridine rings is 1. The number of benzene rings is 1. The maximum absolute atomic E-state index is 13.5. The second kappa shape index (κ2) is 9.03. The average Bonchev–Trinajstić information content (AvgIpc) is 3.47. The molecular formula is C26H27F3N4O2. The van der Waals surface area contributed by atoms with Gasteiger partial charge in [0.1, 0.15) is 5.76 Å². The van der Waals surface area contributed by atoms with Crippen LogP contribution in [-0.4, -0.2) is 49.0 Å². The molecule has 2 aromatic heterocycles. The number of carbonyl (C=O) groups is 1. The largest absolute Gasteiger partial charge is 0.451 e. The lowest BCUT2D eigenvalue weighted by molar-refractivity contribution is -0.137. The van der Waals surface area contributed by atoms with Crippen molar-refractivity contribution in [1.29, 1.82) is 0 Å². The number of piperidine rings is 1. The molecule has 0 aliphatic carbocycles. The van der Waals surface area contributed by atoms with Crippen LogP contribution >= 0.6 is 0 Å². The number of hydrogen-bond acceptors (Lipinski definition) is 5. The summed E-state index contributed by atoms with van der Waals surface area (Å²) in [7, 11) is 2.12. The van der Waals surface area contributed by atoms with Gasteiger partial charge in [-0.3, -0.25) is 9.78 Å². The molecule has 2 aliphatic heterocycles. The lowest BCUT2D eigenvalue weighted by Crippen LogP contribution is -2.41. The second-order valence-corrected chi connectivity index (χ2v) is 9.56. The Bertz CT molecular complexity index is 1200. The number of amides is 1. The number of nitrogens with zero attached hydrogens (tertiary/aromatic N) is 3. The quantitative estimate of drug-likeness (QED) is 0.527. The van der Waals surface area contributed by atoms with Crippen molar-refractivity contribution in [2.24, 2.45) is 5.41 Å². The van der Waals surface area contributed by atoms with Crippen molar-refractivity contribution in [3.63, 3.8) is 0 Å². The molecule has 2 saturated heterocycles. The molecule has 1 aromatic carbocycles. The molecule has 3 aromatic rings. The molecule has 0 unspecified atom stereocenters. The first-order chi connectivity index (χ1) is 16.7. The average molecular weight is 485 g/mol. The van der Waals surface area contributed by atoms with Crippen LogP contribution in [0.1, 0.15) is 35.4 Å². The zero-order valence-corrected chi connectivity index (χ0v) is 19.4. The molecule has 35 heavy (non-hydrogen) atoms. The summed E-state index contributed by atoms with van der Waals surface area (Å²) in [6, 6.07) is 10.2. The van der Waals surface area contributed by atoms with Crippen LogP contribution in [-0.2, 0) is 6.18 Å². The molecule has 2 aliphatic rings.